The number of hydrogen-bond acceptors (Lipinski definition) is 3. The van der Waals surface area contributed by atoms with Crippen molar-refractivity contribution in [3.05, 3.63) is 28.8 Å². The highest BCUT2D eigenvalue weighted by atomic mass is 35.7. The molecule has 0 aliphatic rings. The number of nitriles is 1. The molecule has 1 rings (SSSR count). The molecule has 1 aromatic rings. The van der Waals surface area contributed by atoms with Gasteiger partial charge in [0, 0.05) is 16.2 Å². The van der Waals surface area contributed by atoms with Crippen molar-refractivity contribution in [1.82, 2.24) is 0 Å². The van der Waals surface area contributed by atoms with Crippen LogP contribution in [0.2, 0.25) is 0 Å². The van der Waals surface area contributed by atoms with Gasteiger partial charge in [0.1, 0.15) is 11.0 Å². The predicted molar refractivity (Wildman–Crippen MR) is 58.5 cm³/mol. The molecular weight excluding hydrogens is 272 g/mol. The summed E-state index contributed by atoms with van der Waals surface area (Å²) in [6, 6.07) is 3.54. The molecule has 0 aliphatic carbocycles. The molecule has 0 saturated heterocycles. The van der Waals surface area contributed by atoms with Crippen LogP contribution in [0, 0.1) is 11.3 Å². The Bertz CT molecular complexity index is 579. The van der Waals surface area contributed by atoms with Crippen LogP contribution in [0.4, 0.5) is 8.78 Å². The fourth-order valence-corrected chi connectivity index (χ4v) is 2.46. The fourth-order valence-electron chi connectivity index (χ4n) is 1.44. The van der Waals surface area contributed by atoms with Crippen molar-refractivity contribution in [3.63, 3.8) is 0 Å². The minimum Gasteiger partial charge on any atom is -0.207 e. The SMILES string of the molecule is CCc1cc(C#N)c(S(=O)(=O)Cl)cc1C(F)F. The number of aryl methyl sites for hydroxylation is 1. The van der Waals surface area contributed by atoms with Crippen LogP contribution in [0.15, 0.2) is 17.0 Å². The van der Waals surface area contributed by atoms with Crippen molar-refractivity contribution in [2.24, 2.45) is 0 Å². The first kappa shape index (κ1) is 13.9. The molecule has 0 unspecified atom stereocenters. The molecule has 0 aromatic heterocycles. The van der Waals surface area contributed by atoms with Crippen LogP contribution in [-0.2, 0) is 15.5 Å². The molecule has 0 aliphatic heterocycles. The molecule has 0 heterocycles. The Morgan fingerprint density at radius 3 is 2.41 bits per heavy atom. The van der Waals surface area contributed by atoms with Gasteiger partial charge in [0.05, 0.1) is 5.56 Å². The minimum absolute atomic E-state index is 0.221. The van der Waals surface area contributed by atoms with Gasteiger partial charge >= 0.3 is 0 Å². The molecule has 0 fully saturated rings. The first-order chi connectivity index (χ1) is 7.81. The predicted octanol–water partition coefficient (Wildman–Crippen LogP) is 2.99. The standard InChI is InChI=1S/C10H8ClF2NO2S/c1-2-6-3-7(5-14)9(17(11,15)16)4-8(6)10(12)13/h3-4,10H,2H2,1H3. The Morgan fingerprint density at radius 2 is 2.06 bits per heavy atom. The smallest absolute Gasteiger partial charge is 0.207 e. The highest BCUT2D eigenvalue weighted by Gasteiger charge is 2.22. The number of hydrogen-bond donors (Lipinski definition) is 0. The van der Waals surface area contributed by atoms with E-state index in [-0.39, 0.29) is 17.5 Å². The van der Waals surface area contributed by atoms with Crippen LogP contribution in [0.1, 0.15) is 30.0 Å². The Hall–Kier alpha value is -1.19. The maximum absolute atomic E-state index is 12.7. The van der Waals surface area contributed by atoms with Crippen molar-refractivity contribution < 1.29 is 17.2 Å². The Balaban J connectivity index is 3.64. The molecule has 0 bridgehead atoms. The van der Waals surface area contributed by atoms with Crippen molar-refractivity contribution >= 4 is 19.7 Å². The molecule has 7 heteroatoms. The summed E-state index contributed by atoms with van der Waals surface area (Å²) in [7, 11) is 0.881. The van der Waals surface area contributed by atoms with Gasteiger partial charge in [-0.1, -0.05) is 6.92 Å². The second-order valence-electron chi connectivity index (χ2n) is 3.25. The summed E-state index contributed by atoms with van der Waals surface area (Å²) >= 11 is 0. The molecular formula is C10H8ClF2NO2S. The largest absolute Gasteiger partial charge is 0.264 e. The lowest BCUT2D eigenvalue weighted by Gasteiger charge is -2.10. The van der Waals surface area contributed by atoms with Crippen LogP contribution >= 0.6 is 10.7 Å². The molecule has 0 saturated carbocycles. The topological polar surface area (TPSA) is 57.9 Å². The molecule has 0 spiro atoms. The fraction of sp³-hybridized carbons (Fsp3) is 0.300. The zero-order valence-electron chi connectivity index (χ0n) is 8.75. The first-order valence-electron chi connectivity index (χ1n) is 4.61. The average Bonchev–Trinajstić information content (AvgIpc) is 2.25. The van der Waals surface area contributed by atoms with E-state index < -0.39 is 25.9 Å². The zero-order chi connectivity index (χ0) is 13.2. The molecule has 1 aromatic carbocycles. The lowest BCUT2D eigenvalue weighted by Crippen LogP contribution is -2.02. The number of alkyl halides is 2. The summed E-state index contributed by atoms with van der Waals surface area (Å²) in [6.45, 7) is 1.64. The van der Waals surface area contributed by atoms with E-state index >= 15 is 0 Å². The van der Waals surface area contributed by atoms with Gasteiger partial charge < -0.3 is 0 Å². The Labute approximate surface area is 102 Å². The first-order valence-corrected chi connectivity index (χ1v) is 6.92. The van der Waals surface area contributed by atoms with Gasteiger partial charge in [-0.2, -0.15) is 5.26 Å². The third-order valence-electron chi connectivity index (χ3n) is 2.24. The number of benzene rings is 1. The van der Waals surface area contributed by atoms with Gasteiger partial charge in [-0.15, -0.1) is 0 Å². The maximum Gasteiger partial charge on any atom is 0.264 e. The van der Waals surface area contributed by atoms with Gasteiger partial charge in [-0.3, -0.25) is 0 Å². The van der Waals surface area contributed by atoms with Gasteiger partial charge in [0.25, 0.3) is 15.5 Å². The highest BCUT2D eigenvalue weighted by molar-refractivity contribution is 8.13. The van der Waals surface area contributed by atoms with Crippen molar-refractivity contribution in [2.75, 3.05) is 0 Å². The zero-order valence-corrected chi connectivity index (χ0v) is 10.3. The van der Waals surface area contributed by atoms with E-state index in [0.717, 1.165) is 12.1 Å². The van der Waals surface area contributed by atoms with Crippen LogP contribution < -0.4 is 0 Å². The molecule has 0 radical (unpaired) electrons. The normalized spacial score (nSPS) is 11.5. The van der Waals surface area contributed by atoms with E-state index in [0.29, 0.717) is 0 Å². The molecule has 0 amide bonds. The van der Waals surface area contributed by atoms with Gasteiger partial charge in [0.2, 0.25) is 0 Å². The summed E-state index contributed by atoms with van der Waals surface area (Å²) in [5, 5.41) is 8.77. The monoisotopic (exact) mass is 279 g/mol. The van der Waals surface area contributed by atoms with E-state index in [9.17, 15) is 17.2 Å². The lowest BCUT2D eigenvalue weighted by atomic mass is 10.0. The Morgan fingerprint density at radius 1 is 1.47 bits per heavy atom. The molecule has 3 nitrogen and oxygen atoms in total. The van der Waals surface area contributed by atoms with Crippen molar-refractivity contribution in [3.8, 4) is 6.07 Å². The highest BCUT2D eigenvalue weighted by Crippen LogP contribution is 2.30. The number of nitrogens with zero attached hydrogens (tertiary/aromatic N) is 1. The summed E-state index contributed by atoms with van der Waals surface area (Å²) < 4.78 is 47.7. The van der Waals surface area contributed by atoms with Gasteiger partial charge in [0.15, 0.2) is 0 Å². The van der Waals surface area contributed by atoms with Gasteiger partial charge in [-0.05, 0) is 24.1 Å². The third-order valence-corrected chi connectivity index (χ3v) is 3.60. The van der Waals surface area contributed by atoms with E-state index in [1.165, 1.54) is 0 Å². The van der Waals surface area contributed by atoms with E-state index in [1.54, 1.807) is 13.0 Å². The number of rotatable bonds is 3. The molecule has 0 atom stereocenters. The average molecular weight is 280 g/mol. The minimum atomic E-state index is -4.21. The molecule has 0 N–H and O–H groups in total. The molecule has 17 heavy (non-hydrogen) atoms. The second kappa shape index (κ2) is 4.98. The van der Waals surface area contributed by atoms with Crippen LogP contribution in [-0.4, -0.2) is 8.42 Å². The summed E-state index contributed by atoms with van der Waals surface area (Å²) in [4.78, 5) is -0.575. The molecule has 92 valence electrons. The quantitative estimate of drug-likeness (QED) is 0.799. The Kier molecular flexibility index (Phi) is 4.07. The van der Waals surface area contributed by atoms with E-state index in [4.69, 9.17) is 15.9 Å². The van der Waals surface area contributed by atoms with E-state index in [2.05, 4.69) is 0 Å². The third kappa shape index (κ3) is 2.93. The summed E-state index contributed by atoms with van der Waals surface area (Å²) in [5.41, 5.74) is -0.396. The van der Waals surface area contributed by atoms with Crippen molar-refractivity contribution in [2.45, 2.75) is 24.7 Å². The van der Waals surface area contributed by atoms with Crippen LogP contribution in [0.3, 0.4) is 0 Å². The summed E-state index contributed by atoms with van der Waals surface area (Å²) in [6.07, 6.45) is -2.54. The number of halogens is 3. The van der Waals surface area contributed by atoms with Crippen molar-refractivity contribution in [1.29, 1.82) is 5.26 Å². The maximum atomic E-state index is 12.7. The van der Waals surface area contributed by atoms with Gasteiger partial charge in [-0.25, -0.2) is 17.2 Å². The van der Waals surface area contributed by atoms with Crippen LogP contribution in [0.25, 0.3) is 0 Å². The lowest BCUT2D eigenvalue weighted by molar-refractivity contribution is 0.150. The van der Waals surface area contributed by atoms with E-state index in [1.807, 2.05) is 0 Å². The summed E-state index contributed by atoms with van der Waals surface area (Å²) in [5.74, 6) is 0. The van der Waals surface area contributed by atoms with Crippen LogP contribution in [0.5, 0.6) is 0 Å². The second-order valence-corrected chi connectivity index (χ2v) is 5.79.